The highest BCUT2D eigenvalue weighted by molar-refractivity contribution is 5.37. The summed E-state index contributed by atoms with van der Waals surface area (Å²) >= 11 is 0. The van der Waals surface area contributed by atoms with Crippen LogP contribution < -0.4 is 0 Å². The fourth-order valence-corrected chi connectivity index (χ4v) is 10.4. The van der Waals surface area contributed by atoms with Gasteiger partial charge in [-0.25, -0.2) is 0 Å². The molecule has 382 valence electrons. The lowest BCUT2D eigenvalue weighted by Gasteiger charge is -2.50. The van der Waals surface area contributed by atoms with Gasteiger partial charge in [0.05, 0.1) is 49.3 Å². The summed E-state index contributed by atoms with van der Waals surface area (Å²) in [7, 11) is 3.22. The normalized spacial score (nSPS) is 41.4. The Morgan fingerprint density at radius 1 is 0.985 bits per heavy atom. The largest absolute Gasteiger partial charge is 0.464 e. The second kappa shape index (κ2) is 26.2. The van der Waals surface area contributed by atoms with Crippen LogP contribution in [0.4, 0.5) is 0 Å². The fraction of sp³-hybridized carbons (Fsp3) is 0.827. The molecule has 0 radical (unpaired) electrons. The van der Waals surface area contributed by atoms with Gasteiger partial charge in [0.2, 0.25) is 0 Å². The van der Waals surface area contributed by atoms with E-state index >= 15 is 0 Å². The van der Waals surface area contributed by atoms with E-state index in [9.17, 15) is 20.1 Å². The van der Waals surface area contributed by atoms with Gasteiger partial charge in [-0.1, -0.05) is 92.2 Å². The third-order valence-electron chi connectivity index (χ3n) is 14.6. The first-order chi connectivity index (χ1) is 31.5. The van der Waals surface area contributed by atoms with E-state index in [1.807, 2.05) is 72.8 Å². The molecule has 0 aromatic heterocycles. The summed E-state index contributed by atoms with van der Waals surface area (Å²) in [6.45, 7) is 25.1. The quantitative estimate of drug-likeness (QED) is 0.0998. The molecule has 6 aliphatic rings. The molecule has 0 saturated carbocycles. The molecule has 5 fully saturated rings. The van der Waals surface area contributed by atoms with Crippen molar-refractivity contribution in [1.29, 1.82) is 0 Å². The molecule has 14 nitrogen and oxygen atoms in total. The minimum absolute atomic E-state index is 0. The minimum Gasteiger partial charge on any atom is -0.464 e. The van der Waals surface area contributed by atoms with Gasteiger partial charge < -0.3 is 62.7 Å². The highest BCUT2D eigenvalue weighted by atomic mass is 16.7. The fourth-order valence-electron chi connectivity index (χ4n) is 10.4. The molecule has 1 aliphatic carbocycles. The van der Waals surface area contributed by atoms with E-state index in [4.69, 9.17) is 47.4 Å². The average Bonchev–Trinajstić information content (AvgIpc) is 3.65. The molecule has 14 heteroatoms. The van der Waals surface area contributed by atoms with Crippen molar-refractivity contribution < 1.29 is 68.9 Å². The van der Waals surface area contributed by atoms with Gasteiger partial charge in [-0.2, -0.15) is 0 Å². The summed E-state index contributed by atoms with van der Waals surface area (Å²) in [5, 5.41) is 32.9. The Morgan fingerprint density at radius 2 is 1.67 bits per heavy atom. The van der Waals surface area contributed by atoms with Gasteiger partial charge in [0.15, 0.2) is 18.4 Å². The number of hydrogen-bond acceptors (Lipinski definition) is 14. The first-order valence-corrected chi connectivity index (χ1v) is 25.1. The van der Waals surface area contributed by atoms with E-state index < -0.39 is 72.8 Å². The van der Waals surface area contributed by atoms with Gasteiger partial charge in [-0.3, -0.25) is 4.79 Å². The van der Waals surface area contributed by atoms with Gasteiger partial charge in [0.1, 0.15) is 36.1 Å². The van der Waals surface area contributed by atoms with E-state index in [0.29, 0.717) is 62.4 Å². The third-order valence-corrected chi connectivity index (χ3v) is 14.6. The minimum atomic E-state index is -1.28. The lowest BCUT2D eigenvalue weighted by Crippen LogP contribution is -2.55. The highest BCUT2D eigenvalue weighted by Gasteiger charge is 2.52. The molecule has 0 aromatic carbocycles. The predicted molar refractivity (Wildman–Crippen MR) is 254 cm³/mol. The van der Waals surface area contributed by atoms with Crippen LogP contribution in [0.5, 0.6) is 0 Å². The molecule has 6 rings (SSSR count). The number of ether oxygens (including phenoxy) is 10. The summed E-state index contributed by atoms with van der Waals surface area (Å²) in [5.41, 5.74) is 1.21. The zero-order valence-electron chi connectivity index (χ0n) is 42.7. The summed E-state index contributed by atoms with van der Waals surface area (Å²) in [6, 6.07) is 0. The molecule has 5 heterocycles. The second-order valence-corrected chi connectivity index (χ2v) is 19.0. The van der Waals surface area contributed by atoms with Crippen molar-refractivity contribution in [1.82, 2.24) is 0 Å². The first-order valence-electron chi connectivity index (χ1n) is 25.1. The van der Waals surface area contributed by atoms with Crippen molar-refractivity contribution in [3.8, 4) is 0 Å². The number of allylic oxidation sites excluding steroid dienone is 2. The van der Waals surface area contributed by atoms with E-state index in [-0.39, 0.29) is 38.4 Å². The molecule has 5 aliphatic heterocycles. The maximum absolute atomic E-state index is 11.6. The lowest BCUT2D eigenvalue weighted by molar-refractivity contribution is -0.340. The van der Waals surface area contributed by atoms with E-state index in [2.05, 4.69) is 33.8 Å². The van der Waals surface area contributed by atoms with Crippen LogP contribution in [0.25, 0.3) is 0 Å². The third kappa shape index (κ3) is 13.6. The van der Waals surface area contributed by atoms with Crippen LogP contribution in [-0.2, 0) is 52.2 Å². The van der Waals surface area contributed by atoms with Crippen molar-refractivity contribution in [3.63, 3.8) is 0 Å². The molecule has 0 bridgehead atoms. The van der Waals surface area contributed by atoms with Crippen molar-refractivity contribution in [3.05, 3.63) is 47.1 Å². The smallest absolute Gasteiger partial charge is 0.293 e. The van der Waals surface area contributed by atoms with Crippen LogP contribution in [0.1, 0.15) is 142 Å². The van der Waals surface area contributed by atoms with Crippen LogP contribution in [0.2, 0.25) is 0 Å². The van der Waals surface area contributed by atoms with Crippen molar-refractivity contribution in [2.45, 2.75) is 238 Å². The molecule has 66 heavy (non-hydrogen) atoms. The highest BCUT2D eigenvalue weighted by Crippen LogP contribution is 2.45. The molecule has 5 saturated heterocycles. The van der Waals surface area contributed by atoms with Crippen molar-refractivity contribution in [2.24, 2.45) is 17.8 Å². The number of carbonyl (C=O) groups excluding carboxylic acids is 1. The zero-order chi connectivity index (χ0) is 48.9. The molecule has 0 amide bonds. The summed E-state index contributed by atoms with van der Waals surface area (Å²) in [4.78, 5) is 11.6. The van der Waals surface area contributed by atoms with Crippen molar-refractivity contribution >= 4 is 6.47 Å². The van der Waals surface area contributed by atoms with Crippen LogP contribution >= 0.6 is 0 Å². The summed E-state index contributed by atoms with van der Waals surface area (Å²) in [6.07, 6.45) is 8.63. The molecule has 0 aromatic rings. The van der Waals surface area contributed by atoms with Crippen LogP contribution in [-0.4, -0.2) is 140 Å². The summed E-state index contributed by atoms with van der Waals surface area (Å²) < 4.78 is 62.7. The number of carbonyl (C=O) groups is 1. The number of hydrogen-bond donors (Lipinski definition) is 3. The van der Waals surface area contributed by atoms with Gasteiger partial charge >= 0.3 is 0 Å². The topological polar surface area (TPSA) is 170 Å². The number of fused-ring (bicyclic) bond motifs is 1. The maximum Gasteiger partial charge on any atom is 0.293 e. The second-order valence-electron chi connectivity index (χ2n) is 19.0. The van der Waals surface area contributed by atoms with E-state index in [0.717, 1.165) is 30.4 Å². The Hall–Kier alpha value is -2.05. The molecular formula is C52H90O14. The van der Waals surface area contributed by atoms with Crippen LogP contribution in [0, 0.1) is 17.8 Å². The maximum atomic E-state index is 11.6. The SMILES string of the molecule is CC.CC.CC[C@H](C)C1O[C@]2(CC[C@@H]1C)CC(OC=O)C[C@@H](C/C=C(\C)[C@@H](O[C@H]1C[C@H](OC)[C@@H](O[C@H]3C[C@H](OC)[C@@H](O)[C@H](C)O3)[C@H](C)O1)[C@@H](C)/C=C/C=C1\CO[C@@H]3[C@H](O)C(C)=CCC13O)O2.[HH]. The molecular weight excluding hydrogens is 849 g/mol. The Balaban J connectivity index is 0.00000232. The Morgan fingerprint density at radius 3 is 2.33 bits per heavy atom. The molecule has 3 unspecified atom stereocenters. The standard InChI is InChI=1S/C48H76O14.2C2H6.H2/c1-11-27(2)44-31(6)17-19-47(62-44)24-36(56-26-49)21-35(61-47)16-15-30(5)43(29(4)13-12-14-34-25-55-46-41(50)28(3)18-20-48(34,46)52)59-40-23-38(54-10)45(33(8)58-40)60-39-22-37(53-9)42(51)32(7)57-39;2*1-2;/h12-15,18,26-27,29,31-33,35-46,50-52H,11,16-17,19-25H2,1-10H3;2*1-2H3;1H/b13-12+,30-15+,34-14+;;;/t27-,29-,31-,32-,33-,35+,36?,37-,38-,39-,40-,41+,42-,43-,44?,45-,46+,47+,48?;;;/m0.../s1. The lowest BCUT2D eigenvalue weighted by atomic mass is 9.78. The van der Waals surface area contributed by atoms with E-state index in [1.165, 1.54) is 0 Å². The van der Waals surface area contributed by atoms with Crippen LogP contribution in [0.15, 0.2) is 47.1 Å². The van der Waals surface area contributed by atoms with Gasteiger partial charge in [-0.15, -0.1) is 0 Å². The predicted octanol–water partition coefficient (Wildman–Crippen LogP) is 8.29. The number of aliphatic hydroxyl groups is 3. The van der Waals surface area contributed by atoms with E-state index in [1.54, 1.807) is 21.1 Å². The number of rotatable bonds is 16. The molecule has 1 spiro atoms. The zero-order valence-corrected chi connectivity index (χ0v) is 42.7. The Kier molecular flexibility index (Phi) is 22.5. The molecule has 3 N–H and O–H groups in total. The monoisotopic (exact) mass is 939 g/mol. The Bertz CT molecular complexity index is 1600. The van der Waals surface area contributed by atoms with Gasteiger partial charge in [0.25, 0.3) is 6.47 Å². The Labute approximate surface area is 398 Å². The number of aliphatic hydroxyl groups excluding tert-OH is 2. The number of methoxy groups -OCH3 is 2. The average molecular weight is 939 g/mol. The van der Waals surface area contributed by atoms with Gasteiger partial charge in [0, 0.05) is 60.1 Å². The van der Waals surface area contributed by atoms with Crippen molar-refractivity contribution in [2.75, 3.05) is 20.8 Å². The molecule has 19 atom stereocenters. The van der Waals surface area contributed by atoms with Gasteiger partial charge in [-0.05, 0) is 69.1 Å². The van der Waals surface area contributed by atoms with Crippen LogP contribution in [0.3, 0.4) is 0 Å². The first kappa shape index (κ1) is 56.5. The summed E-state index contributed by atoms with van der Waals surface area (Å²) in [5.74, 6) is -0.212.